The molecule has 19 heavy (non-hydrogen) atoms. The van der Waals surface area contributed by atoms with Crippen LogP contribution < -0.4 is 16.0 Å². The van der Waals surface area contributed by atoms with E-state index in [1.165, 1.54) is 11.1 Å². The number of rotatable bonds is 9. The summed E-state index contributed by atoms with van der Waals surface area (Å²) in [6.07, 6.45) is 4.08. The Hall–Kier alpha value is -1.32. The van der Waals surface area contributed by atoms with Gasteiger partial charge in [-0.3, -0.25) is 11.3 Å². The monoisotopic (exact) mass is 262 g/mol. The minimum Gasteiger partial charge on any atom is -0.494 e. The Kier molecular flexibility index (Phi) is 7.23. The average Bonchev–Trinajstić information content (AvgIpc) is 2.45. The summed E-state index contributed by atoms with van der Waals surface area (Å²) in [7, 11) is 0. The van der Waals surface area contributed by atoms with Gasteiger partial charge in [0.15, 0.2) is 0 Å². The first kappa shape index (κ1) is 15.7. The molecular formula is C16H26N2O. The van der Waals surface area contributed by atoms with Crippen LogP contribution in [0.1, 0.15) is 51.1 Å². The molecule has 1 rings (SSSR count). The SMILES string of the molecule is C=C(CC)CC(NN)c1ccc(OCCCC)cc1. The maximum absolute atomic E-state index is 5.65. The van der Waals surface area contributed by atoms with Crippen LogP contribution in [0.2, 0.25) is 0 Å². The van der Waals surface area contributed by atoms with Gasteiger partial charge in [0.05, 0.1) is 6.61 Å². The molecule has 1 atom stereocenters. The van der Waals surface area contributed by atoms with Crippen molar-refractivity contribution in [3.05, 3.63) is 42.0 Å². The molecule has 0 spiro atoms. The predicted molar refractivity (Wildman–Crippen MR) is 81.0 cm³/mol. The van der Waals surface area contributed by atoms with E-state index >= 15 is 0 Å². The molecule has 1 unspecified atom stereocenters. The Morgan fingerprint density at radius 1 is 1.32 bits per heavy atom. The maximum Gasteiger partial charge on any atom is 0.119 e. The van der Waals surface area contributed by atoms with Crippen molar-refractivity contribution >= 4 is 0 Å². The molecule has 0 fully saturated rings. The first-order chi connectivity index (χ1) is 9.21. The smallest absolute Gasteiger partial charge is 0.119 e. The summed E-state index contributed by atoms with van der Waals surface area (Å²) in [6, 6.07) is 8.26. The second-order valence-corrected chi connectivity index (χ2v) is 4.80. The van der Waals surface area contributed by atoms with Crippen molar-refractivity contribution in [2.45, 2.75) is 45.6 Å². The molecule has 0 amide bonds. The van der Waals surface area contributed by atoms with Crippen LogP contribution in [-0.4, -0.2) is 6.61 Å². The molecule has 0 bridgehead atoms. The maximum atomic E-state index is 5.65. The first-order valence-electron chi connectivity index (χ1n) is 7.06. The summed E-state index contributed by atoms with van der Waals surface area (Å²) in [6.45, 7) is 9.08. The summed E-state index contributed by atoms with van der Waals surface area (Å²) < 4.78 is 5.65. The van der Waals surface area contributed by atoms with E-state index in [0.29, 0.717) is 0 Å². The summed E-state index contributed by atoms with van der Waals surface area (Å²) in [4.78, 5) is 0. The molecule has 1 aromatic rings. The standard InChI is InChI=1S/C16H26N2O/c1-4-6-11-19-15-9-7-14(8-10-15)16(18-17)12-13(3)5-2/h7-10,16,18H,3-6,11-12,17H2,1-2H3. The summed E-state index contributed by atoms with van der Waals surface area (Å²) in [5.74, 6) is 6.54. The van der Waals surface area contributed by atoms with E-state index in [2.05, 4.69) is 38.0 Å². The van der Waals surface area contributed by atoms with Crippen molar-refractivity contribution < 1.29 is 4.74 Å². The topological polar surface area (TPSA) is 47.3 Å². The molecule has 0 aromatic heterocycles. The Morgan fingerprint density at radius 2 is 2.00 bits per heavy atom. The normalized spacial score (nSPS) is 12.2. The van der Waals surface area contributed by atoms with Crippen molar-refractivity contribution in [2.24, 2.45) is 5.84 Å². The number of unbranched alkanes of at least 4 members (excludes halogenated alkanes) is 1. The summed E-state index contributed by atoms with van der Waals surface area (Å²) in [5.41, 5.74) is 5.22. The van der Waals surface area contributed by atoms with E-state index in [0.717, 1.165) is 38.0 Å². The van der Waals surface area contributed by atoms with E-state index in [1.54, 1.807) is 0 Å². The third-order valence-corrected chi connectivity index (χ3v) is 3.24. The van der Waals surface area contributed by atoms with Gasteiger partial charge in [-0.2, -0.15) is 0 Å². The highest BCUT2D eigenvalue weighted by Crippen LogP contribution is 2.23. The van der Waals surface area contributed by atoms with E-state index in [1.807, 2.05) is 12.1 Å². The molecule has 3 heteroatoms. The molecule has 0 saturated carbocycles. The van der Waals surface area contributed by atoms with Crippen LogP contribution in [-0.2, 0) is 0 Å². The Bertz CT molecular complexity index is 373. The minimum absolute atomic E-state index is 0.122. The van der Waals surface area contributed by atoms with Gasteiger partial charge in [-0.15, -0.1) is 0 Å². The highest BCUT2D eigenvalue weighted by atomic mass is 16.5. The van der Waals surface area contributed by atoms with E-state index in [-0.39, 0.29) is 6.04 Å². The van der Waals surface area contributed by atoms with Crippen LogP contribution in [0.3, 0.4) is 0 Å². The number of hydrogen-bond donors (Lipinski definition) is 2. The third-order valence-electron chi connectivity index (χ3n) is 3.24. The molecule has 0 radical (unpaired) electrons. The van der Waals surface area contributed by atoms with Gasteiger partial charge in [-0.25, -0.2) is 0 Å². The number of nitrogens with two attached hydrogens (primary N) is 1. The van der Waals surface area contributed by atoms with Crippen LogP contribution in [0.25, 0.3) is 0 Å². The van der Waals surface area contributed by atoms with Gasteiger partial charge in [0.1, 0.15) is 5.75 Å². The van der Waals surface area contributed by atoms with E-state index < -0.39 is 0 Å². The highest BCUT2D eigenvalue weighted by Gasteiger charge is 2.10. The lowest BCUT2D eigenvalue weighted by atomic mass is 9.99. The molecule has 0 aliphatic carbocycles. The van der Waals surface area contributed by atoms with Gasteiger partial charge in [-0.05, 0) is 37.0 Å². The minimum atomic E-state index is 0.122. The van der Waals surface area contributed by atoms with Crippen LogP contribution in [0.15, 0.2) is 36.4 Å². The van der Waals surface area contributed by atoms with E-state index in [4.69, 9.17) is 10.6 Å². The van der Waals surface area contributed by atoms with Crippen molar-refractivity contribution in [2.75, 3.05) is 6.61 Å². The van der Waals surface area contributed by atoms with Crippen LogP contribution >= 0.6 is 0 Å². The first-order valence-corrected chi connectivity index (χ1v) is 7.06. The zero-order chi connectivity index (χ0) is 14.1. The zero-order valence-electron chi connectivity index (χ0n) is 12.1. The quantitative estimate of drug-likeness (QED) is 0.308. The lowest BCUT2D eigenvalue weighted by Crippen LogP contribution is -2.28. The molecule has 0 aliphatic heterocycles. The van der Waals surface area contributed by atoms with Gasteiger partial charge in [0.25, 0.3) is 0 Å². The molecular weight excluding hydrogens is 236 g/mol. The van der Waals surface area contributed by atoms with Gasteiger partial charge in [-0.1, -0.05) is 44.6 Å². The number of nitrogens with one attached hydrogen (secondary N) is 1. The Morgan fingerprint density at radius 3 is 2.53 bits per heavy atom. The molecule has 0 aliphatic rings. The Balaban J connectivity index is 2.59. The zero-order valence-corrected chi connectivity index (χ0v) is 12.1. The van der Waals surface area contributed by atoms with Crippen LogP contribution in [0, 0.1) is 0 Å². The van der Waals surface area contributed by atoms with Crippen molar-refractivity contribution in [3.63, 3.8) is 0 Å². The lowest BCUT2D eigenvalue weighted by Gasteiger charge is -2.17. The van der Waals surface area contributed by atoms with Crippen LogP contribution in [0.5, 0.6) is 5.75 Å². The second-order valence-electron chi connectivity index (χ2n) is 4.80. The van der Waals surface area contributed by atoms with E-state index in [9.17, 15) is 0 Å². The van der Waals surface area contributed by atoms with Crippen molar-refractivity contribution in [3.8, 4) is 5.75 Å². The second kappa shape index (κ2) is 8.73. The molecule has 106 valence electrons. The lowest BCUT2D eigenvalue weighted by molar-refractivity contribution is 0.309. The van der Waals surface area contributed by atoms with Gasteiger partial charge in [0, 0.05) is 6.04 Å². The number of hydrazine groups is 1. The largest absolute Gasteiger partial charge is 0.494 e. The molecule has 3 nitrogen and oxygen atoms in total. The van der Waals surface area contributed by atoms with Crippen molar-refractivity contribution in [1.29, 1.82) is 0 Å². The Labute approximate surface area is 116 Å². The number of hydrogen-bond acceptors (Lipinski definition) is 3. The molecule has 3 N–H and O–H groups in total. The molecule has 1 aromatic carbocycles. The highest BCUT2D eigenvalue weighted by molar-refractivity contribution is 5.29. The molecule has 0 saturated heterocycles. The number of ether oxygens (including phenoxy) is 1. The fourth-order valence-corrected chi connectivity index (χ4v) is 1.84. The molecule has 0 heterocycles. The summed E-state index contributed by atoms with van der Waals surface area (Å²) >= 11 is 0. The third kappa shape index (κ3) is 5.45. The summed E-state index contributed by atoms with van der Waals surface area (Å²) in [5, 5.41) is 0. The number of benzene rings is 1. The van der Waals surface area contributed by atoms with Crippen molar-refractivity contribution in [1.82, 2.24) is 5.43 Å². The predicted octanol–water partition coefficient (Wildman–Crippen LogP) is 3.73. The van der Waals surface area contributed by atoms with Gasteiger partial charge >= 0.3 is 0 Å². The van der Waals surface area contributed by atoms with Gasteiger partial charge < -0.3 is 4.74 Å². The van der Waals surface area contributed by atoms with Gasteiger partial charge in [0.2, 0.25) is 0 Å². The van der Waals surface area contributed by atoms with Crippen LogP contribution in [0.4, 0.5) is 0 Å². The average molecular weight is 262 g/mol. The fraction of sp³-hybridized carbons (Fsp3) is 0.500. The fourth-order valence-electron chi connectivity index (χ4n) is 1.84.